The SMILES string of the molecule is CN=C(NCC(C)c1c(C)noc1C)NC1CN(C(=O)OC(C)(C)C)C1.I. The van der Waals surface area contributed by atoms with Crippen LogP contribution in [0.5, 0.6) is 0 Å². The molecule has 0 saturated carbocycles. The van der Waals surface area contributed by atoms with Crippen LogP contribution >= 0.6 is 24.0 Å². The number of ether oxygens (including phenoxy) is 1. The summed E-state index contributed by atoms with van der Waals surface area (Å²) in [6, 6.07) is 0.170. The largest absolute Gasteiger partial charge is 0.444 e. The summed E-state index contributed by atoms with van der Waals surface area (Å²) in [7, 11) is 1.74. The van der Waals surface area contributed by atoms with Crippen LogP contribution < -0.4 is 10.6 Å². The number of likely N-dealkylation sites (tertiary alicyclic amines) is 1. The van der Waals surface area contributed by atoms with Crippen molar-refractivity contribution in [3.05, 3.63) is 17.0 Å². The number of hydrogen-bond donors (Lipinski definition) is 2. The van der Waals surface area contributed by atoms with Crippen LogP contribution in [0, 0.1) is 13.8 Å². The van der Waals surface area contributed by atoms with Crippen LogP contribution in [0.15, 0.2) is 9.52 Å². The fourth-order valence-electron chi connectivity index (χ4n) is 2.98. The molecule has 0 spiro atoms. The molecular weight excluding hydrogens is 461 g/mol. The highest BCUT2D eigenvalue weighted by molar-refractivity contribution is 14.0. The summed E-state index contributed by atoms with van der Waals surface area (Å²) in [5.74, 6) is 1.82. The first kappa shape index (κ1) is 23.5. The zero-order chi connectivity index (χ0) is 19.5. The first-order valence-electron chi connectivity index (χ1n) is 8.98. The molecular formula is C18H32IN5O3. The van der Waals surface area contributed by atoms with Crippen molar-refractivity contribution < 1.29 is 14.1 Å². The number of aromatic nitrogens is 1. The van der Waals surface area contributed by atoms with Crippen LogP contribution in [0.3, 0.4) is 0 Å². The lowest BCUT2D eigenvalue weighted by atomic mass is 10.00. The van der Waals surface area contributed by atoms with Gasteiger partial charge in [-0.1, -0.05) is 12.1 Å². The lowest BCUT2D eigenvalue weighted by Gasteiger charge is -2.40. The predicted molar refractivity (Wildman–Crippen MR) is 116 cm³/mol. The Kier molecular flexibility index (Phi) is 8.37. The van der Waals surface area contributed by atoms with Crippen LogP contribution in [0.4, 0.5) is 4.79 Å². The Hall–Kier alpha value is -1.52. The van der Waals surface area contributed by atoms with Gasteiger partial charge in [0.1, 0.15) is 11.4 Å². The predicted octanol–water partition coefficient (Wildman–Crippen LogP) is 2.80. The highest BCUT2D eigenvalue weighted by Gasteiger charge is 2.34. The lowest BCUT2D eigenvalue weighted by molar-refractivity contribution is 0.00701. The molecule has 0 aromatic carbocycles. The second-order valence-corrected chi connectivity index (χ2v) is 7.82. The Morgan fingerprint density at radius 2 is 2.04 bits per heavy atom. The van der Waals surface area contributed by atoms with E-state index in [1.54, 1.807) is 11.9 Å². The maximum absolute atomic E-state index is 12.0. The molecule has 1 fully saturated rings. The number of carbonyl (C=O) groups is 1. The molecule has 1 aliphatic heterocycles. The van der Waals surface area contributed by atoms with Crippen LogP contribution in [0.25, 0.3) is 0 Å². The number of amides is 1. The van der Waals surface area contributed by atoms with Crippen molar-refractivity contribution in [2.75, 3.05) is 26.7 Å². The third kappa shape index (κ3) is 6.54. The third-order valence-corrected chi connectivity index (χ3v) is 4.25. The van der Waals surface area contributed by atoms with Crippen molar-refractivity contribution in [1.82, 2.24) is 20.7 Å². The fourth-order valence-corrected chi connectivity index (χ4v) is 2.98. The van der Waals surface area contributed by atoms with Crippen molar-refractivity contribution in [2.24, 2.45) is 4.99 Å². The summed E-state index contributed by atoms with van der Waals surface area (Å²) in [6.07, 6.45) is -0.273. The van der Waals surface area contributed by atoms with E-state index in [-0.39, 0.29) is 42.0 Å². The molecule has 1 unspecified atom stereocenters. The molecule has 2 N–H and O–H groups in total. The van der Waals surface area contributed by atoms with E-state index in [1.807, 2.05) is 34.6 Å². The van der Waals surface area contributed by atoms with Gasteiger partial charge < -0.3 is 24.8 Å². The minimum absolute atomic E-state index is 0. The molecule has 154 valence electrons. The zero-order valence-electron chi connectivity index (χ0n) is 17.3. The van der Waals surface area contributed by atoms with Gasteiger partial charge in [0.05, 0.1) is 11.7 Å². The topological polar surface area (TPSA) is 92.0 Å². The first-order valence-corrected chi connectivity index (χ1v) is 8.98. The maximum Gasteiger partial charge on any atom is 0.410 e. The number of halogens is 1. The number of nitrogens with zero attached hydrogens (tertiary/aromatic N) is 3. The average Bonchev–Trinajstić information content (AvgIpc) is 2.82. The van der Waals surface area contributed by atoms with Gasteiger partial charge in [0.15, 0.2) is 5.96 Å². The van der Waals surface area contributed by atoms with Crippen LogP contribution in [-0.4, -0.2) is 60.4 Å². The van der Waals surface area contributed by atoms with Crippen LogP contribution in [-0.2, 0) is 4.74 Å². The molecule has 1 aromatic heterocycles. The van der Waals surface area contributed by atoms with Gasteiger partial charge in [-0.2, -0.15) is 0 Å². The number of carbonyl (C=O) groups excluding carboxylic acids is 1. The first-order chi connectivity index (χ1) is 12.1. The monoisotopic (exact) mass is 493 g/mol. The summed E-state index contributed by atoms with van der Waals surface area (Å²) in [4.78, 5) is 17.9. The minimum Gasteiger partial charge on any atom is -0.444 e. The molecule has 1 aromatic rings. The van der Waals surface area contributed by atoms with E-state index in [4.69, 9.17) is 9.26 Å². The van der Waals surface area contributed by atoms with Gasteiger partial charge in [-0.25, -0.2) is 4.79 Å². The van der Waals surface area contributed by atoms with Gasteiger partial charge in [0, 0.05) is 38.2 Å². The molecule has 1 aliphatic rings. The molecule has 1 atom stereocenters. The minimum atomic E-state index is -0.471. The number of aryl methyl sites for hydroxylation is 2. The average molecular weight is 493 g/mol. The summed E-state index contributed by atoms with van der Waals surface area (Å²) >= 11 is 0. The summed E-state index contributed by atoms with van der Waals surface area (Å²) < 4.78 is 10.6. The number of guanidine groups is 1. The van der Waals surface area contributed by atoms with E-state index in [0.717, 1.165) is 23.0 Å². The Labute approximate surface area is 178 Å². The Bertz CT molecular complexity index is 643. The molecule has 2 rings (SSSR count). The van der Waals surface area contributed by atoms with E-state index in [9.17, 15) is 4.79 Å². The second kappa shape index (κ2) is 9.61. The quantitative estimate of drug-likeness (QED) is 0.381. The Morgan fingerprint density at radius 3 is 2.52 bits per heavy atom. The van der Waals surface area contributed by atoms with Gasteiger partial charge in [0.25, 0.3) is 0 Å². The van der Waals surface area contributed by atoms with Gasteiger partial charge >= 0.3 is 6.09 Å². The van der Waals surface area contributed by atoms with E-state index in [0.29, 0.717) is 19.6 Å². The van der Waals surface area contributed by atoms with Crippen molar-refractivity contribution in [3.8, 4) is 0 Å². The van der Waals surface area contributed by atoms with E-state index in [2.05, 4.69) is 27.7 Å². The number of rotatable bonds is 4. The molecule has 8 nitrogen and oxygen atoms in total. The van der Waals surface area contributed by atoms with Gasteiger partial charge in [-0.15, -0.1) is 24.0 Å². The van der Waals surface area contributed by atoms with Gasteiger partial charge in [-0.05, 0) is 34.6 Å². The van der Waals surface area contributed by atoms with Crippen molar-refractivity contribution in [1.29, 1.82) is 0 Å². The highest BCUT2D eigenvalue weighted by atomic mass is 127. The smallest absolute Gasteiger partial charge is 0.410 e. The molecule has 1 amide bonds. The van der Waals surface area contributed by atoms with Crippen molar-refractivity contribution in [2.45, 2.75) is 59.1 Å². The number of aliphatic imine (C=N–C) groups is 1. The third-order valence-electron chi connectivity index (χ3n) is 4.25. The Balaban J connectivity index is 0.00000364. The second-order valence-electron chi connectivity index (χ2n) is 7.82. The number of hydrogen-bond acceptors (Lipinski definition) is 5. The molecule has 0 aliphatic carbocycles. The maximum atomic E-state index is 12.0. The molecule has 0 radical (unpaired) electrons. The molecule has 1 saturated heterocycles. The molecule has 9 heteroatoms. The fraction of sp³-hybridized carbons (Fsp3) is 0.722. The summed E-state index contributed by atoms with van der Waals surface area (Å²) in [6.45, 7) is 13.5. The van der Waals surface area contributed by atoms with Crippen LogP contribution in [0.2, 0.25) is 0 Å². The molecule has 27 heavy (non-hydrogen) atoms. The van der Waals surface area contributed by atoms with Crippen molar-refractivity contribution >= 4 is 36.0 Å². The zero-order valence-corrected chi connectivity index (χ0v) is 19.6. The lowest BCUT2D eigenvalue weighted by Crippen LogP contribution is -2.63. The van der Waals surface area contributed by atoms with Gasteiger partial charge in [0.2, 0.25) is 0 Å². The van der Waals surface area contributed by atoms with Crippen molar-refractivity contribution in [3.63, 3.8) is 0 Å². The normalized spacial score (nSPS) is 16.3. The van der Waals surface area contributed by atoms with Crippen LogP contribution in [0.1, 0.15) is 50.6 Å². The highest BCUT2D eigenvalue weighted by Crippen LogP contribution is 2.22. The van der Waals surface area contributed by atoms with E-state index < -0.39 is 5.60 Å². The Morgan fingerprint density at radius 1 is 1.41 bits per heavy atom. The molecule has 0 bridgehead atoms. The van der Waals surface area contributed by atoms with E-state index >= 15 is 0 Å². The van der Waals surface area contributed by atoms with E-state index in [1.165, 1.54) is 0 Å². The number of nitrogens with one attached hydrogen (secondary N) is 2. The van der Waals surface area contributed by atoms with Gasteiger partial charge in [-0.3, -0.25) is 4.99 Å². The standard InChI is InChI=1S/C18H31N5O3.HI/c1-11(15-12(2)22-26-13(15)3)8-20-16(19-7)21-14-9-23(10-14)17(24)25-18(4,5)6;/h11,14H,8-10H2,1-7H3,(H2,19,20,21);1H. The summed E-state index contributed by atoms with van der Waals surface area (Å²) in [5, 5.41) is 10.7. The summed E-state index contributed by atoms with van der Waals surface area (Å²) in [5.41, 5.74) is 1.58. The molecule has 2 heterocycles.